The molecule has 0 N–H and O–H groups in total. The van der Waals surface area contributed by atoms with E-state index in [1.165, 1.54) is 74.1 Å². The van der Waals surface area contributed by atoms with Gasteiger partial charge >= 0.3 is 5.97 Å². The van der Waals surface area contributed by atoms with Gasteiger partial charge in [0.05, 0.1) is 15.1 Å². The SMILES string of the molecule is O=C1OC(C=C(c2ccc(N3CCCC3)cc2)c2ccc(N3CCCC3)cc2)(C=C(c2ccc(N3CCCC3)cc2)c2ccc(N3CCCC3)cc2)c2c(Br)c(Cl)c(Br)c(Br)c21. The number of nitrogens with zero attached hydrogens (tertiary/aromatic N) is 4. The van der Waals surface area contributed by atoms with Crippen molar-refractivity contribution in [1.82, 2.24) is 0 Å². The van der Waals surface area contributed by atoms with Gasteiger partial charge < -0.3 is 24.3 Å². The number of carbonyl (C=O) groups is 1. The molecule has 0 unspecified atom stereocenters. The maximum atomic E-state index is 14.6. The van der Waals surface area contributed by atoms with Gasteiger partial charge in [-0.15, -0.1) is 0 Å². The third kappa shape index (κ3) is 8.05. The van der Waals surface area contributed by atoms with Crippen LogP contribution in [-0.4, -0.2) is 58.3 Å². The quantitative estimate of drug-likeness (QED) is 0.0789. The highest BCUT2D eigenvalue weighted by atomic mass is 79.9. The van der Waals surface area contributed by atoms with Crippen molar-refractivity contribution < 1.29 is 9.53 Å². The summed E-state index contributed by atoms with van der Waals surface area (Å²) < 4.78 is 8.65. The highest BCUT2D eigenvalue weighted by molar-refractivity contribution is 9.13. The highest BCUT2D eigenvalue weighted by Gasteiger charge is 2.48. The van der Waals surface area contributed by atoms with Crippen molar-refractivity contribution in [2.45, 2.75) is 57.0 Å². The van der Waals surface area contributed by atoms with E-state index in [9.17, 15) is 4.79 Å². The number of hydrogen-bond acceptors (Lipinski definition) is 6. The number of cyclic esters (lactones) is 1. The van der Waals surface area contributed by atoms with E-state index in [4.69, 9.17) is 16.3 Å². The first-order valence-electron chi connectivity index (χ1n) is 22.2. The summed E-state index contributed by atoms with van der Waals surface area (Å²) in [6, 6.07) is 35.6. The zero-order valence-corrected chi connectivity index (χ0v) is 40.3. The number of ether oxygens (including phenoxy) is 1. The molecule has 0 radical (unpaired) electrons. The predicted molar refractivity (Wildman–Crippen MR) is 267 cm³/mol. The van der Waals surface area contributed by atoms with Crippen LogP contribution in [0.2, 0.25) is 5.02 Å². The van der Waals surface area contributed by atoms with Gasteiger partial charge in [-0.25, -0.2) is 4.79 Å². The Morgan fingerprint density at radius 1 is 0.468 bits per heavy atom. The Morgan fingerprint density at radius 3 is 1.05 bits per heavy atom. The van der Waals surface area contributed by atoms with Crippen molar-refractivity contribution in [1.29, 1.82) is 0 Å². The summed E-state index contributed by atoms with van der Waals surface area (Å²) >= 11 is 18.5. The van der Waals surface area contributed by atoms with Gasteiger partial charge in [0.25, 0.3) is 0 Å². The third-order valence-corrected chi connectivity index (χ3v) is 17.2. The first-order chi connectivity index (χ1) is 30.3. The molecular formula is C52H50Br3ClN4O2. The molecule has 4 saturated heterocycles. The minimum absolute atomic E-state index is 0.432. The molecule has 62 heavy (non-hydrogen) atoms. The number of hydrogen-bond donors (Lipinski definition) is 0. The second-order valence-electron chi connectivity index (χ2n) is 17.3. The summed E-state index contributed by atoms with van der Waals surface area (Å²) in [4.78, 5) is 24.4. The summed E-state index contributed by atoms with van der Waals surface area (Å²) in [5.74, 6) is -0.432. The Bertz CT molecular complexity index is 2260. The van der Waals surface area contributed by atoms with Gasteiger partial charge in [-0.2, -0.15) is 0 Å². The van der Waals surface area contributed by atoms with Crippen LogP contribution in [0, 0.1) is 0 Å². The lowest BCUT2D eigenvalue weighted by Gasteiger charge is -2.28. The average Bonchev–Trinajstić information content (AvgIpc) is 4.17. The summed E-state index contributed by atoms with van der Waals surface area (Å²) in [6.07, 6.45) is 14.0. The van der Waals surface area contributed by atoms with Gasteiger partial charge in [-0.05, 0) is 193 Å². The van der Waals surface area contributed by atoms with E-state index in [1.807, 2.05) is 0 Å². The number of benzene rings is 5. The zero-order valence-electron chi connectivity index (χ0n) is 34.8. The fourth-order valence-corrected chi connectivity index (χ4v) is 12.3. The van der Waals surface area contributed by atoms with Crippen LogP contribution < -0.4 is 19.6 Å². The Balaban J connectivity index is 1.20. The largest absolute Gasteiger partial charge is 0.442 e. The van der Waals surface area contributed by atoms with Gasteiger partial charge in [0.1, 0.15) is 0 Å². The lowest BCUT2D eigenvalue weighted by atomic mass is 9.83. The fourth-order valence-electron chi connectivity index (χ4n) is 10.1. The zero-order chi connectivity index (χ0) is 42.4. The van der Waals surface area contributed by atoms with Crippen LogP contribution >= 0.6 is 59.4 Å². The van der Waals surface area contributed by atoms with Crippen LogP contribution in [-0.2, 0) is 10.3 Å². The van der Waals surface area contributed by atoms with E-state index in [1.54, 1.807) is 0 Å². The molecule has 5 aliphatic rings. The predicted octanol–water partition coefficient (Wildman–Crippen LogP) is 13.7. The molecule has 10 heteroatoms. The number of rotatable bonds is 10. The molecule has 318 valence electrons. The van der Waals surface area contributed by atoms with E-state index >= 15 is 0 Å². The maximum Gasteiger partial charge on any atom is 0.341 e. The van der Waals surface area contributed by atoms with Crippen LogP contribution in [0.4, 0.5) is 22.7 Å². The van der Waals surface area contributed by atoms with E-state index in [-0.39, 0.29) is 0 Å². The molecule has 5 heterocycles. The van der Waals surface area contributed by atoms with Crippen LogP contribution in [0.5, 0.6) is 0 Å². The van der Waals surface area contributed by atoms with Crippen molar-refractivity contribution in [3.8, 4) is 0 Å². The summed E-state index contributed by atoms with van der Waals surface area (Å²) in [6.45, 7) is 8.56. The molecule has 0 amide bonds. The molecule has 0 atom stereocenters. The van der Waals surface area contributed by atoms with Crippen LogP contribution in [0.15, 0.2) is 123 Å². The minimum Gasteiger partial charge on any atom is -0.442 e. The van der Waals surface area contributed by atoms with Gasteiger partial charge in [-0.3, -0.25) is 0 Å². The second-order valence-corrected chi connectivity index (χ2v) is 20.0. The molecule has 0 saturated carbocycles. The molecule has 0 aromatic heterocycles. The number of fused-ring (bicyclic) bond motifs is 1. The standard InChI is InChI=1S/C52H50Br3ClN4O2/c53-47-45-46(48(54)50(56)49(47)55)52(62-51(45)61,33-43(35-9-17-39(18-10-35)57-25-1-2-26-57)36-11-19-40(20-12-36)58-27-3-4-28-58)34-44(37-13-21-41(22-14-37)59-29-5-6-30-59)38-15-23-42(24-16-38)60-31-7-8-32-60/h9-24,33-34H,1-8,25-32H2. The number of esters is 1. The molecule has 0 aliphatic carbocycles. The van der Waals surface area contributed by atoms with Crippen molar-refractivity contribution >= 4 is 99.3 Å². The molecule has 6 nitrogen and oxygen atoms in total. The van der Waals surface area contributed by atoms with Crippen molar-refractivity contribution in [2.24, 2.45) is 0 Å². The molecule has 0 bridgehead atoms. The van der Waals surface area contributed by atoms with Gasteiger partial charge in [-0.1, -0.05) is 60.1 Å². The number of halogens is 4. The molecule has 5 aromatic rings. The van der Waals surface area contributed by atoms with Gasteiger partial charge in [0, 0.05) is 89.6 Å². The molecular weight excluding hydrogens is 988 g/mol. The first-order valence-corrected chi connectivity index (χ1v) is 25.0. The highest BCUT2D eigenvalue weighted by Crippen LogP contribution is 2.54. The summed E-state index contributed by atoms with van der Waals surface area (Å²) in [5.41, 5.74) is 10.6. The smallest absolute Gasteiger partial charge is 0.341 e. The van der Waals surface area contributed by atoms with E-state index in [2.05, 4.69) is 177 Å². The van der Waals surface area contributed by atoms with Crippen molar-refractivity contribution in [3.63, 3.8) is 0 Å². The second kappa shape index (κ2) is 17.9. The molecule has 10 rings (SSSR count). The van der Waals surface area contributed by atoms with E-state index < -0.39 is 11.6 Å². The van der Waals surface area contributed by atoms with Gasteiger partial charge in [0.15, 0.2) is 5.60 Å². The van der Waals surface area contributed by atoms with Gasteiger partial charge in [0.2, 0.25) is 0 Å². The third-order valence-electron chi connectivity index (χ3n) is 13.4. The van der Waals surface area contributed by atoms with Crippen molar-refractivity contribution in [3.05, 3.63) is 161 Å². The maximum absolute atomic E-state index is 14.6. The van der Waals surface area contributed by atoms with Crippen LogP contribution in [0.3, 0.4) is 0 Å². The van der Waals surface area contributed by atoms with Crippen molar-refractivity contribution in [2.75, 3.05) is 72.0 Å². The number of anilines is 4. The van der Waals surface area contributed by atoms with Crippen LogP contribution in [0.25, 0.3) is 11.1 Å². The fraction of sp³-hybridized carbons (Fsp3) is 0.327. The van der Waals surface area contributed by atoms with Crippen LogP contribution in [0.1, 0.15) is 89.5 Å². The summed E-state index contributed by atoms with van der Waals surface area (Å²) in [5, 5.41) is 0.457. The molecule has 0 spiro atoms. The Labute approximate surface area is 396 Å². The Hall–Kier alpha value is -4.02. The topological polar surface area (TPSA) is 39.3 Å². The minimum atomic E-state index is -1.40. The van der Waals surface area contributed by atoms with E-state index in [0.717, 1.165) is 85.8 Å². The Kier molecular flexibility index (Phi) is 12.1. The normalized spacial score (nSPS) is 18.1. The monoisotopic (exact) mass is 1030 g/mol. The molecule has 5 aliphatic heterocycles. The lowest BCUT2D eigenvalue weighted by molar-refractivity contribution is 0.0298. The number of carbonyl (C=O) groups excluding carboxylic acids is 1. The Morgan fingerprint density at radius 2 is 0.758 bits per heavy atom. The molecule has 5 aromatic carbocycles. The molecule has 4 fully saturated rings. The lowest BCUT2D eigenvalue weighted by Crippen LogP contribution is -2.23. The average molecular weight is 1040 g/mol. The first kappa shape index (κ1) is 42.0. The summed E-state index contributed by atoms with van der Waals surface area (Å²) in [7, 11) is 0. The van der Waals surface area contributed by atoms with E-state index in [0.29, 0.717) is 29.6 Å².